The van der Waals surface area contributed by atoms with E-state index in [4.69, 9.17) is 5.84 Å². The number of nitrogens with two attached hydrogens (primary N) is 1. The third-order valence-corrected chi connectivity index (χ3v) is 6.19. The Kier molecular flexibility index (Phi) is 5.39. The average Bonchev–Trinajstić information content (AvgIpc) is 3.09. The molecule has 2 atom stereocenters. The minimum absolute atomic E-state index is 0.0102. The normalized spacial score (nSPS) is 17.0. The van der Waals surface area contributed by atoms with Gasteiger partial charge in [0.2, 0.25) is 5.91 Å². The van der Waals surface area contributed by atoms with Gasteiger partial charge in [0.05, 0.1) is 23.2 Å². The lowest BCUT2D eigenvalue weighted by Gasteiger charge is -2.27. The lowest BCUT2D eigenvalue weighted by Crippen LogP contribution is -2.36. The number of nitrogen functional groups attached to an aromatic ring is 1. The van der Waals surface area contributed by atoms with E-state index in [1.165, 1.54) is 27.6 Å². The van der Waals surface area contributed by atoms with Crippen molar-refractivity contribution in [1.82, 2.24) is 15.0 Å². The number of carbonyl (C=O) groups is 1. The maximum absolute atomic E-state index is 12.8. The maximum atomic E-state index is 12.8. The van der Waals surface area contributed by atoms with Gasteiger partial charge < -0.3 is 11.2 Å². The number of rotatable bonds is 5. The monoisotopic (exact) mass is 392 g/mol. The van der Waals surface area contributed by atoms with Crippen molar-refractivity contribution in [2.24, 2.45) is 0 Å². The Balaban J connectivity index is 1.44. The molecule has 0 saturated heterocycles. The van der Waals surface area contributed by atoms with Crippen LogP contribution in [-0.2, 0) is 11.2 Å². The number of nitrogens with zero attached hydrogens (tertiary/aromatic N) is 2. The fraction of sp³-hybridized carbons (Fsp3) is 0.273. The summed E-state index contributed by atoms with van der Waals surface area (Å²) in [7, 11) is 0. The molecule has 1 aliphatic rings. The van der Waals surface area contributed by atoms with E-state index in [0.717, 1.165) is 30.5 Å². The molecule has 28 heavy (non-hydrogen) atoms. The van der Waals surface area contributed by atoms with E-state index >= 15 is 0 Å². The van der Waals surface area contributed by atoms with Crippen LogP contribution >= 0.6 is 11.8 Å². The molecule has 4 rings (SSSR count). The highest BCUT2D eigenvalue weighted by Crippen LogP contribution is 2.31. The van der Waals surface area contributed by atoms with Crippen LogP contribution in [-0.4, -0.2) is 20.8 Å². The number of carbonyl (C=O) groups excluding carboxylic acids is 1. The number of hydrogen-bond donors (Lipinski definition) is 2. The molecule has 3 N–H and O–H groups in total. The molecule has 1 aromatic heterocycles. The van der Waals surface area contributed by atoms with Gasteiger partial charge in [0.15, 0.2) is 5.16 Å². The lowest BCUT2D eigenvalue weighted by molar-refractivity contribution is -0.121. The van der Waals surface area contributed by atoms with Crippen LogP contribution in [0.1, 0.15) is 36.9 Å². The van der Waals surface area contributed by atoms with Gasteiger partial charge >= 0.3 is 0 Å². The number of aromatic nitrogens is 2. The number of thioether (sulfide) groups is 1. The molecule has 0 aliphatic heterocycles. The smallest absolute Gasteiger partial charge is 0.233 e. The van der Waals surface area contributed by atoms with E-state index in [-0.39, 0.29) is 17.2 Å². The first-order chi connectivity index (χ1) is 13.6. The number of hydrogen-bond acceptors (Lipinski definition) is 4. The topological polar surface area (TPSA) is 72.9 Å². The van der Waals surface area contributed by atoms with Gasteiger partial charge in [-0.25, -0.2) is 9.66 Å². The molecule has 1 heterocycles. The van der Waals surface area contributed by atoms with E-state index < -0.39 is 0 Å². The highest BCUT2D eigenvalue weighted by Gasteiger charge is 2.25. The van der Waals surface area contributed by atoms with Gasteiger partial charge in [0.25, 0.3) is 0 Å². The van der Waals surface area contributed by atoms with Crippen molar-refractivity contribution in [2.45, 2.75) is 42.6 Å². The van der Waals surface area contributed by atoms with Crippen LogP contribution < -0.4 is 11.2 Å². The number of fused-ring (bicyclic) bond motifs is 1. The Morgan fingerprint density at radius 1 is 1.21 bits per heavy atom. The SMILES string of the molecule is C[C@@H](Sc1nc(-c2ccccc2)cn1N)C(=O)N[C@H]1CCCc2ccccc21. The van der Waals surface area contributed by atoms with Crippen molar-refractivity contribution in [2.75, 3.05) is 5.84 Å². The van der Waals surface area contributed by atoms with Gasteiger partial charge in [-0.3, -0.25) is 4.79 Å². The van der Waals surface area contributed by atoms with Crippen molar-refractivity contribution >= 4 is 17.7 Å². The second kappa shape index (κ2) is 8.10. The predicted molar refractivity (Wildman–Crippen MR) is 113 cm³/mol. The molecule has 1 amide bonds. The lowest BCUT2D eigenvalue weighted by atomic mass is 9.88. The third-order valence-electron chi connectivity index (χ3n) is 5.11. The largest absolute Gasteiger partial charge is 0.348 e. The fourth-order valence-corrected chi connectivity index (χ4v) is 4.43. The van der Waals surface area contributed by atoms with Crippen LogP contribution in [0.2, 0.25) is 0 Å². The Morgan fingerprint density at radius 2 is 1.96 bits per heavy atom. The van der Waals surface area contributed by atoms with Gasteiger partial charge in [-0.05, 0) is 37.3 Å². The number of imidazole rings is 1. The van der Waals surface area contributed by atoms with Crippen molar-refractivity contribution in [3.05, 3.63) is 71.9 Å². The zero-order chi connectivity index (χ0) is 19.5. The Hall–Kier alpha value is -2.73. The van der Waals surface area contributed by atoms with Crippen LogP contribution in [0.5, 0.6) is 0 Å². The average molecular weight is 393 g/mol. The van der Waals surface area contributed by atoms with E-state index in [2.05, 4.69) is 28.5 Å². The van der Waals surface area contributed by atoms with Crippen molar-refractivity contribution in [1.29, 1.82) is 0 Å². The summed E-state index contributed by atoms with van der Waals surface area (Å²) in [6.07, 6.45) is 4.94. The Bertz CT molecular complexity index is 970. The standard InChI is InChI=1S/C22H24N4OS/c1-15(21(27)24-19-13-7-11-16-8-5-6-12-18(16)19)28-22-25-20(14-26(22)23)17-9-3-2-4-10-17/h2-6,8-10,12,14-15,19H,7,11,13,23H2,1H3,(H,24,27)/t15-,19+/m1/s1. The summed E-state index contributed by atoms with van der Waals surface area (Å²) >= 11 is 1.38. The minimum Gasteiger partial charge on any atom is -0.348 e. The first kappa shape index (κ1) is 18.6. The van der Waals surface area contributed by atoms with Crippen LogP contribution in [0.3, 0.4) is 0 Å². The van der Waals surface area contributed by atoms with Gasteiger partial charge in [-0.15, -0.1) is 0 Å². The second-order valence-electron chi connectivity index (χ2n) is 7.09. The molecule has 0 bridgehead atoms. The first-order valence-corrected chi connectivity index (χ1v) is 10.4. The zero-order valence-corrected chi connectivity index (χ0v) is 16.7. The number of benzene rings is 2. The van der Waals surface area contributed by atoms with E-state index in [1.807, 2.05) is 43.3 Å². The van der Waals surface area contributed by atoms with E-state index in [9.17, 15) is 4.79 Å². The first-order valence-electron chi connectivity index (χ1n) is 9.56. The molecular formula is C22H24N4OS. The zero-order valence-electron chi connectivity index (χ0n) is 15.8. The summed E-state index contributed by atoms with van der Waals surface area (Å²) in [5.74, 6) is 6.09. The van der Waals surface area contributed by atoms with E-state index in [1.54, 1.807) is 6.20 Å². The molecule has 0 spiro atoms. The molecular weight excluding hydrogens is 368 g/mol. The molecule has 0 saturated carbocycles. The summed E-state index contributed by atoms with van der Waals surface area (Å²) in [6, 6.07) is 18.3. The van der Waals surface area contributed by atoms with Gasteiger partial charge in [-0.1, -0.05) is 66.4 Å². The summed E-state index contributed by atoms with van der Waals surface area (Å²) in [5, 5.41) is 3.56. The van der Waals surface area contributed by atoms with Crippen molar-refractivity contribution in [3.63, 3.8) is 0 Å². The molecule has 5 nitrogen and oxygen atoms in total. The van der Waals surface area contributed by atoms with Crippen molar-refractivity contribution in [3.8, 4) is 11.3 Å². The Labute approximate surface area is 169 Å². The second-order valence-corrected chi connectivity index (χ2v) is 8.40. The minimum atomic E-state index is -0.289. The molecule has 0 radical (unpaired) electrons. The number of amides is 1. The molecule has 0 fully saturated rings. The third kappa shape index (κ3) is 3.92. The highest BCUT2D eigenvalue weighted by molar-refractivity contribution is 8.00. The molecule has 6 heteroatoms. The molecule has 3 aromatic rings. The number of nitrogens with one attached hydrogen (secondary N) is 1. The van der Waals surface area contributed by atoms with E-state index in [0.29, 0.717) is 5.16 Å². The van der Waals surface area contributed by atoms with Gasteiger partial charge in [0.1, 0.15) is 0 Å². The molecule has 144 valence electrons. The molecule has 0 unspecified atom stereocenters. The summed E-state index contributed by atoms with van der Waals surface area (Å²) < 4.78 is 1.49. The summed E-state index contributed by atoms with van der Waals surface area (Å²) in [6.45, 7) is 1.89. The molecule has 2 aromatic carbocycles. The van der Waals surface area contributed by atoms with Crippen LogP contribution in [0.15, 0.2) is 66.0 Å². The quantitative estimate of drug-likeness (QED) is 0.510. The number of aryl methyl sites for hydroxylation is 1. The van der Waals surface area contributed by atoms with Crippen LogP contribution in [0, 0.1) is 0 Å². The van der Waals surface area contributed by atoms with Crippen molar-refractivity contribution < 1.29 is 4.79 Å². The predicted octanol–water partition coefficient (Wildman–Crippen LogP) is 3.94. The fourth-order valence-electron chi connectivity index (χ4n) is 3.62. The molecule has 1 aliphatic carbocycles. The van der Waals surface area contributed by atoms with Crippen LogP contribution in [0.25, 0.3) is 11.3 Å². The summed E-state index contributed by atoms with van der Waals surface area (Å²) in [5.41, 5.74) is 4.39. The van der Waals surface area contributed by atoms with Gasteiger partial charge in [-0.2, -0.15) is 0 Å². The highest BCUT2D eigenvalue weighted by atomic mass is 32.2. The van der Waals surface area contributed by atoms with Gasteiger partial charge in [0, 0.05) is 5.56 Å². The summed E-state index contributed by atoms with van der Waals surface area (Å²) in [4.78, 5) is 17.4. The Morgan fingerprint density at radius 3 is 2.79 bits per heavy atom. The van der Waals surface area contributed by atoms with Crippen LogP contribution in [0.4, 0.5) is 0 Å². The maximum Gasteiger partial charge on any atom is 0.233 e.